The van der Waals surface area contributed by atoms with E-state index in [0.29, 0.717) is 0 Å². The lowest BCUT2D eigenvalue weighted by Crippen LogP contribution is -2.61. The molecular weight excluding hydrogens is 356 g/mol. The van der Waals surface area contributed by atoms with Crippen molar-refractivity contribution in [2.24, 2.45) is 9.98 Å². The van der Waals surface area contributed by atoms with Gasteiger partial charge in [0, 0.05) is 26.7 Å². The maximum atomic E-state index is 13.1. The fourth-order valence-corrected chi connectivity index (χ4v) is 3.93. The number of rotatable bonds is 5. The Balaban J connectivity index is 1.90. The molecule has 2 atom stereocenters. The first-order valence-electron chi connectivity index (χ1n) is 9.10. The number of cyclic esters (lactones) is 2. The molecule has 142 valence electrons. The van der Waals surface area contributed by atoms with Crippen molar-refractivity contribution in [3.05, 3.63) is 71.8 Å². The maximum absolute atomic E-state index is 13.1. The third kappa shape index (κ3) is 2.81. The van der Waals surface area contributed by atoms with Gasteiger partial charge in [0.1, 0.15) is 0 Å². The number of carbonyl (C=O) groups excluding carboxylic acids is 2. The van der Waals surface area contributed by atoms with Gasteiger partial charge in [0.2, 0.25) is 11.1 Å². The van der Waals surface area contributed by atoms with E-state index in [1.807, 2.05) is 60.7 Å². The van der Waals surface area contributed by atoms with Crippen LogP contribution >= 0.6 is 0 Å². The largest absolute Gasteiger partial charge is 0.410 e. The predicted octanol–water partition coefficient (Wildman–Crippen LogP) is 2.90. The van der Waals surface area contributed by atoms with Crippen molar-refractivity contribution in [1.29, 1.82) is 0 Å². The molecule has 2 aromatic rings. The number of esters is 2. The van der Waals surface area contributed by atoms with Gasteiger partial charge in [-0.1, -0.05) is 60.7 Å². The van der Waals surface area contributed by atoms with Gasteiger partial charge in [0.25, 0.3) is 0 Å². The van der Waals surface area contributed by atoms with Crippen LogP contribution in [0.15, 0.2) is 70.6 Å². The van der Waals surface area contributed by atoms with E-state index in [4.69, 9.17) is 9.47 Å². The van der Waals surface area contributed by atoms with Crippen molar-refractivity contribution in [3.63, 3.8) is 0 Å². The predicted molar refractivity (Wildman–Crippen MR) is 104 cm³/mol. The van der Waals surface area contributed by atoms with Crippen molar-refractivity contribution in [2.75, 3.05) is 0 Å². The highest BCUT2D eigenvalue weighted by atomic mass is 16.6. The smallest absolute Gasteiger partial charge is 0.344 e. The average Bonchev–Trinajstić information content (AvgIpc) is 3.12. The molecule has 0 amide bonds. The Morgan fingerprint density at radius 3 is 1.32 bits per heavy atom. The zero-order valence-corrected chi connectivity index (χ0v) is 15.7. The molecule has 2 unspecified atom stereocenters. The highest BCUT2D eigenvalue weighted by molar-refractivity contribution is 6.09. The quantitative estimate of drug-likeness (QED) is 0.752. The topological polar surface area (TPSA) is 77.3 Å². The minimum atomic E-state index is -1.52. The summed E-state index contributed by atoms with van der Waals surface area (Å²) in [4.78, 5) is 35.4. The third-order valence-corrected chi connectivity index (χ3v) is 5.14. The van der Waals surface area contributed by atoms with E-state index in [2.05, 4.69) is 9.98 Å². The fraction of sp³-hybridized carbons (Fsp3) is 0.273. The summed E-state index contributed by atoms with van der Waals surface area (Å²) < 4.78 is 10.7. The van der Waals surface area contributed by atoms with Gasteiger partial charge in [0.15, 0.2) is 11.8 Å². The molecule has 6 nitrogen and oxygen atoms in total. The Morgan fingerprint density at radius 2 is 1.04 bits per heavy atom. The maximum Gasteiger partial charge on any atom is 0.344 e. The van der Waals surface area contributed by atoms with Crippen LogP contribution in [0.4, 0.5) is 0 Å². The van der Waals surface area contributed by atoms with Crippen molar-refractivity contribution in [1.82, 2.24) is 0 Å². The summed E-state index contributed by atoms with van der Waals surface area (Å²) in [5.74, 6) is -0.720. The monoisotopic (exact) mass is 376 g/mol. The molecule has 28 heavy (non-hydrogen) atoms. The van der Waals surface area contributed by atoms with Crippen LogP contribution in [0, 0.1) is 0 Å². The van der Waals surface area contributed by atoms with Crippen LogP contribution in [-0.4, -0.2) is 34.8 Å². The summed E-state index contributed by atoms with van der Waals surface area (Å²) in [6.07, 6.45) is 0.367. The van der Waals surface area contributed by atoms with E-state index in [1.54, 1.807) is 13.8 Å². The molecule has 0 radical (unpaired) electrons. The molecule has 0 N–H and O–H groups in total. The van der Waals surface area contributed by atoms with Crippen LogP contribution in [0.2, 0.25) is 0 Å². The van der Waals surface area contributed by atoms with Crippen LogP contribution in [0.25, 0.3) is 0 Å². The Kier molecular flexibility index (Phi) is 4.34. The second-order valence-corrected chi connectivity index (χ2v) is 7.09. The zero-order chi connectivity index (χ0) is 19.8. The SMILES string of the molecule is CC1=NC(Cc2ccccc2)(C2(Cc3ccccc3)N=C(C)OC2=O)C(=O)O1. The molecule has 0 fully saturated rings. The Labute approximate surface area is 162 Å². The van der Waals surface area contributed by atoms with Gasteiger partial charge in [-0.05, 0) is 11.1 Å². The molecule has 6 heteroatoms. The minimum absolute atomic E-state index is 0.183. The standard InChI is InChI=1S/C22H20N2O4/c1-15-23-21(19(25)27-15,13-17-9-5-3-6-10-17)22(20(26)28-16(2)24-22)14-18-11-7-4-8-12-18/h3-12H,13-14H2,1-2H3. The molecule has 2 aliphatic heterocycles. The van der Waals surface area contributed by atoms with Crippen LogP contribution in [0.1, 0.15) is 25.0 Å². The van der Waals surface area contributed by atoms with Gasteiger partial charge in [0.05, 0.1) is 0 Å². The second kappa shape index (κ2) is 6.71. The number of aliphatic imine (C=N–C) groups is 2. The summed E-state index contributed by atoms with van der Waals surface area (Å²) in [7, 11) is 0. The summed E-state index contributed by atoms with van der Waals surface area (Å²) in [6, 6.07) is 18.9. The van der Waals surface area contributed by atoms with Gasteiger partial charge in [-0.25, -0.2) is 19.6 Å². The van der Waals surface area contributed by atoms with Gasteiger partial charge in [-0.3, -0.25) is 0 Å². The van der Waals surface area contributed by atoms with Crippen molar-refractivity contribution in [3.8, 4) is 0 Å². The number of benzene rings is 2. The Morgan fingerprint density at radius 1 is 0.679 bits per heavy atom. The van der Waals surface area contributed by atoms with Crippen LogP contribution in [-0.2, 0) is 31.9 Å². The molecule has 0 spiro atoms. The van der Waals surface area contributed by atoms with Crippen LogP contribution in [0.3, 0.4) is 0 Å². The molecule has 2 heterocycles. The fourth-order valence-electron chi connectivity index (χ4n) is 3.93. The lowest BCUT2D eigenvalue weighted by atomic mass is 9.70. The van der Waals surface area contributed by atoms with Crippen molar-refractivity contribution in [2.45, 2.75) is 37.8 Å². The minimum Gasteiger partial charge on any atom is -0.410 e. The van der Waals surface area contributed by atoms with Gasteiger partial charge >= 0.3 is 11.9 Å². The van der Waals surface area contributed by atoms with E-state index in [9.17, 15) is 9.59 Å². The lowest BCUT2D eigenvalue weighted by molar-refractivity contribution is -0.151. The highest BCUT2D eigenvalue weighted by Crippen LogP contribution is 2.44. The first-order chi connectivity index (χ1) is 13.4. The number of nitrogens with zero attached hydrogens (tertiary/aromatic N) is 2. The van der Waals surface area contributed by atoms with E-state index < -0.39 is 23.0 Å². The van der Waals surface area contributed by atoms with E-state index in [1.165, 1.54) is 0 Å². The van der Waals surface area contributed by atoms with E-state index in [0.717, 1.165) is 11.1 Å². The summed E-state index contributed by atoms with van der Waals surface area (Å²) in [6.45, 7) is 3.22. The number of hydrogen-bond acceptors (Lipinski definition) is 6. The Hall–Kier alpha value is -3.28. The van der Waals surface area contributed by atoms with Gasteiger partial charge < -0.3 is 9.47 Å². The first-order valence-corrected chi connectivity index (χ1v) is 9.10. The van der Waals surface area contributed by atoms with E-state index >= 15 is 0 Å². The zero-order valence-electron chi connectivity index (χ0n) is 15.7. The molecule has 0 aromatic heterocycles. The molecule has 2 aliphatic rings. The molecule has 0 saturated heterocycles. The highest BCUT2D eigenvalue weighted by Gasteiger charge is 2.68. The first kappa shape index (κ1) is 18.1. The van der Waals surface area contributed by atoms with Crippen LogP contribution in [0.5, 0.6) is 0 Å². The second-order valence-electron chi connectivity index (χ2n) is 7.09. The number of carbonyl (C=O) groups is 2. The molecule has 0 bridgehead atoms. The molecule has 0 saturated carbocycles. The summed E-state index contributed by atoms with van der Waals surface area (Å²) in [5, 5.41) is 0. The molecule has 2 aromatic carbocycles. The summed E-state index contributed by atoms with van der Waals surface area (Å²) >= 11 is 0. The third-order valence-electron chi connectivity index (χ3n) is 5.14. The lowest BCUT2D eigenvalue weighted by Gasteiger charge is -2.36. The molecular formula is C22H20N2O4. The molecule has 0 aliphatic carbocycles. The normalized spacial score (nSPS) is 26.5. The van der Waals surface area contributed by atoms with Crippen molar-refractivity contribution < 1.29 is 19.1 Å². The van der Waals surface area contributed by atoms with Crippen LogP contribution < -0.4 is 0 Å². The van der Waals surface area contributed by atoms with Gasteiger partial charge in [-0.2, -0.15) is 0 Å². The van der Waals surface area contributed by atoms with Gasteiger partial charge in [-0.15, -0.1) is 0 Å². The van der Waals surface area contributed by atoms with E-state index in [-0.39, 0.29) is 24.6 Å². The Bertz CT molecular complexity index is 903. The summed E-state index contributed by atoms with van der Waals surface area (Å²) in [5.41, 5.74) is -1.33. The average molecular weight is 376 g/mol. The number of ether oxygens (including phenoxy) is 2. The number of hydrogen-bond donors (Lipinski definition) is 0. The van der Waals surface area contributed by atoms with Crippen molar-refractivity contribution >= 4 is 23.7 Å². The molecule has 4 rings (SSSR count).